The predicted octanol–water partition coefficient (Wildman–Crippen LogP) is 2.20. The highest BCUT2D eigenvalue weighted by Gasteiger charge is 2.25. The normalized spacial score (nSPS) is 17.1. The van der Waals surface area contributed by atoms with Crippen molar-refractivity contribution in [2.45, 2.75) is 18.9 Å². The lowest BCUT2D eigenvalue weighted by atomic mass is 10.1. The number of hydrogen-bond donors (Lipinski definition) is 1. The smallest absolute Gasteiger partial charge is 0.279 e. The maximum absolute atomic E-state index is 11.8. The van der Waals surface area contributed by atoms with E-state index in [1.165, 1.54) is 26.9 Å². The van der Waals surface area contributed by atoms with E-state index in [9.17, 15) is 8.42 Å². The Labute approximate surface area is 131 Å². The number of hydrogen-bond acceptors (Lipinski definition) is 3. The van der Waals surface area contributed by atoms with Gasteiger partial charge in [0, 0.05) is 25.7 Å². The number of benzene rings is 1. The Balaban J connectivity index is 2.02. The molecule has 1 fully saturated rings. The van der Waals surface area contributed by atoms with Crippen LogP contribution >= 0.6 is 11.6 Å². The predicted molar refractivity (Wildman–Crippen MR) is 83.5 cm³/mol. The number of rotatable bonds is 8. The van der Waals surface area contributed by atoms with Crippen LogP contribution in [-0.2, 0) is 14.9 Å². The molecule has 1 N–H and O–H groups in total. The Hall–Kier alpha value is -0.660. The van der Waals surface area contributed by atoms with E-state index in [0.717, 1.165) is 9.87 Å². The molecule has 1 aromatic rings. The minimum Gasteiger partial charge on any atom is -0.372 e. The van der Waals surface area contributed by atoms with Crippen LogP contribution in [-0.4, -0.2) is 40.0 Å². The van der Waals surface area contributed by atoms with Gasteiger partial charge in [-0.1, -0.05) is 23.7 Å². The van der Waals surface area contributed by atoms with Crippen LogP contribution in [0.3, 0.4) is 0 Å². The third-order valence-corrected chi connectivity index (χ3v) is 5.15. The molecule has 7 heteroatoms. The zero-order valence-electron chi connectivity index (χ0n) is 12.3. The van der Waals surface area contributed by atoms with Crippen molar-refractivity contribution in [2.24, 2.45) is 5.92 Å². The summed E-state index contributed by atoms with van der Waals surface area (Å²) in [6.45, 7) is 0.867. The van der Waals surface area contributed by atoms with Crippen molar-refractivity contribution < 1.29 is 13.2 Å². The fourth-order valence-electron chi connectivity index (χ4n) is 1.80. The van der Waals surface area contributed by atoms with E-state index >= 15 is 0 Å². The zero-order valence-corrected chi connectivity index (χ0v) is 13.8. The van der Waals surface area contributed by atoms with Crippen LogP contribution in [0.1, 0.15) is 24.5 Å². The second-order valence-corrected chi connectivity index (χ2v) is 7.86. The van der Waals surface area contributed by atoms with Gasteiger partial charge in [-0.3, -0.25) is 0 Å². The summed E-state index contributed by atoms with van der Waals surface area (Å²) in [5.74, 6) is 0.616. The molecule has 0 unspecified atom stereocenters. The minimum atomic E-state index is -3.46. The number of ether oxygens (including phenoxy) is 1. The van der Waals surface area contributed by atoms with Crippen molar-refractivity contribution in [1.82, 2.24) is 9.03 Å². The molecule has 0 aromatic heterocycles. The first-order valence-electron chi connectivity index (χ1n) is 6.92. The summed E-state index contributed by atoms with van der Waals surface area (Å²) >= 11 is 5.89. The summed E-state index contributed by atoms with van der Waals surface area (Å²) in [7, 11) is -0.474. The van der Waals surface area contributed by atoms with Crippen LogP contribution < -0.4 is 4.72 Å². The van der Waals surface area contributed by atoms with Crippen LogP contribution in [0.2, 0.25) is 5.02 Å². The van der Waals surface area contributed by atoms with E-state index in [-0.39, 0.29) is 12.6 Å². The first-order valence-corrected chi connectivity index (χ1v) is 8.74. The lowest BCUT2D eigenvalue weighted by molar-refractivity contribution is 0.0485. The van der Waals surface area contributed by atoms with Crippen molar-refractivity contribution in [1.29, 1.82) is 0 Å². The van der Waals surface area contributed by atoms with Crippen molar-refractivity contribution in [2.75, 3.05) is 27.2 Å². The maximum Gasteiger partial charge on any atom is 0.279 e. The highest BCUT2D eigenvalue weighted by Crippen LogP contribution is 2.31. The fraction of sp³-hybridized carbons (Fsp3) is 0.571. The van der Waals surface area contributed by atoms with E-state index < -0.39 is 10.2 Å². The van der Waals surface area contributed by atoms with Gasteiger partial charge >= 0.3 is 0 Å². The van der Waals surface area contributed by atoms with Gasteiger partial charge in [0.1, 0.15) is 0 Å². The summed E-state index contributed by atoms with van der Waals surface area (Å²) in [5, 5.41) is 0.647. The van der Waals surface area contributed by atoms with Gasteiger partial charge in [-0.2, -0.15) is 17.4 Å². The van der Waals surface area contributed by atoms with Gasteiger partial charge in [0.2, 0.25) is 0 Å². The maximum atomic E-state index is 11.8. The third kappa shape index (κ3) is 5.23. The van der Waals surface area contributed by atoms with Gasteiger partial charge in [0.15, 0.2) is 0 Å². The molecule has 0 amide bonds. The molecule has 0 bridgehead atoms. The first kappa shape index (κ1) is 16.7. The molecular weight excluding hydrogens is 312 g/mol. The summed E-state index contributed by atoms with van der Waals surface area (Å²) in [6, 6.07) is 7.29. The molecule has 1 saturated carbocycles. The Morgan fingerprint density at radius 1 is 1.33 bits per heavy atom. The molecule has 1 aromatic carbocycles. The largest absolute Gasteiger partial charge is 0.372 e. The lowest BCUT2D eigenvalue weighted by Crippen LogP contribution is -2.38. The van der Waals surface area contributed by atoms with Gasteiger partial charge in [0.25, 0.3) is 10.2 Å². The second-order valence-electron chi connectivity index (χ2n) is 5.45. The Bertz CT molecular complexity index is 556. The molecule has 118 valence electrons. The van der Waals surface area contributed by atoms with Crippen LogP contribution in [0.15, 0.2) is 24.3 Å². The minimum absolute atomic E-state index is 0.203. The standard InChI is InChI=1S/C14H21ClN2O3S/c1-17(2)21(18,19)16-9-14(20-10-11-3-4-11)12-5-7-13(15)8-6-12/h5-8,11,14,16H,3-4,9-10H2,1-2H3/t14-/m1/s1. The van der Waals surface area contributed by atoms with E-state index in [1.54, 1.807) is 12.1 Å². The van der Waals surface area contributed by atoms with Gasteiger partial charge in [-0.05, 0) is 36.5 Å². The van der Waals surface area contributed by atoms with Crippen LogP contribution in [0.4, 0.5) is 0 Å². The molecule has 0 spiro atoms. The average Bonchev–Trinajstić information content (AvgIpc) is 3.24. The zero-order chi connectivity index (χ0) is 15.5. The molecule has 0 radical (unpaired) electrons. The van der Waals surface area contributed by atoms with Crippen molar-refractivity contribution in [3.63, 3.8) is 0 Å². The van der Waals surface area contributed by atoms with Crippen molar-refractivity contribution >= 4 is 21.8 Å². The highest BCUT2D eigenvalue weighted by atomic mass is 35.5. The molecule has 5 nitrogen and oxygen atoms in total. The Morgan fingerprint density at radius 2 is 1.95 bits per heavy atom. The van der Waals surface area contributed by atoms with Crippen molar-refractivity contribution in [3.8, 4) is 0 Å². The molecule has 1 aliphatic carbocycles. The average molecular weight is 333 g/mol. The number of halogens is 1. The van der Waals surface area contributed by atoms with Crippen LogP contribution in [0.5, 0.6) is 0 Å². The molecule has 1 atom stereocenters. The first-order chi connectivity index (χ1) is 9.88. The van der Waals surface area contributed by atoms with Crippen molar-refractivity contribution in [3.05, 3.63) is 34.9 Å². The molecule has 1 aliphatic rings. The summed E-state index contributed by atoms with van der Waals surface area (Å²) in [5.41, 5.74) is 0.918. The molecular formula is C14H21ClN2O3S. The Kier molecular flexibility index (Phi) is 5.62. The van der Waals surface area contributed by atoms with E-state index in [2.05, 4.69) is 4.72 Å². The Morgan fingerprint density at radius 3 is 2.48 bits per heavy atom. The second kappa shape index (κ2) is 7.07. The summed E-state index contributed by atoms with van der Waals surface area (Å²) in [6.07, 6.45) is 2.07. The number of nitrogens with one attached hydrogen (secondary N) is 1. The topological polar surface area (TPSA) is 58.6 Å². The van der Waals surface area contributed by atoms with E-state index in [1.807, 2.05) is 12.1 Å². The monoisotopic (exact) mass is 332 g/mol. The molecule has 2 rings (SSSR count). The molecule has 0 saturated heterocycles. The fourth-order valence-corrected chi connectivity index (χ4v) is 2.54. The van der Waals surface area contributed by atoms with Gasteiger partial charge in [-0.25, -0.2) is 0 Å². The van der Waals surface area contributed by atoms with Gasteiger partial charge in [0.05, 0.1) is 12.7 Å². The SMILES string of the molecule is CN(C)S(=O)(=O)NC[C@@H](OCC1CC1)c1ccc(Cl)cc1. The quantitative estimate of drug-likeness (QED) is 0.794. The third-order valence-electron chi connectivity index (χ3n) is 3.40. The highest BCUT2D eigenvalue weighted by molar-refractivity contribution is 7.87. The summed E-state index contributed by atoms with van der Waals surface area (Å²) in [4.78, 5) is 0. The summed E-state index contributed by atoms with van der Waals surface area (Å²) < 4.78 is 33.2. The van der Waals surface area contributed by atoms with E-state index in [4.69, 9.17) is 16.3 Å². The lowest BCUT2D eigenvalue weighted by Gasteiger charge is -2.20. The van der Waals surface area contributed by atoms with Gasteiger partial charge in [-0.15, -0.1) is 0 Å². The molecule has 21 heavy (non-hydrogen) atoms. The van der Waals surface area contributed by atoms with Crippen LogP contribution in [0, 0.1) is 5.92 Å². The molecule has 0 aliphatic heterocycles. The number of nitrogens with zero attached hydrogens (tertiary/aromatic N) is 1. The van der Waals surface area contributed by atoms with E-state index in [0.29, 0.717) is 17.5 Å². The van der Waals surface area contributed by atoms with Gasteiger partial charge < -0.3 is 4.74 Å². The molecule has 0 heterocycles. The van der Waals surface area contributed by atoms with Crippen LogP contribution in [0.25, 0.3) is 0 Å².